The molecule has 0 unspecified atom stereocenters. The van der Waals surface area contributed by atoms with Gasteiger partial charge in [-0.2, -0.15) is 0 Å². The van der Waals surface area contributed by atoms with Crippen molar-refractivity contribution < 1.29 is 19.7 Å². The quantitative estimate of drug-likeness (QED) is 0.342. The number of phenolic OH excluding ortho intramolecular Hbond substituents is 2. The van der Waals surface area contributed by atoms with Crippen LogP contribution in [-0.2, 0) is 15.9 Å². The molecule has 0 heterocycles. The van der Waals surface area contributed by atoms with Crippen molar-refractivity contribution in [3.63, 3.8) is 0 Å². The van der Waals surface area contributed by atoms with Crippen molar-refractivity contribution >= 4 is 0 Å². The largest absolute Gasteiger partial charge is 0.504 e. The van der Waals surface area contributed by atoms with E-state index in [4.69, 9.17) is 9.47 Å². The molecule has 126 valence electrons. The molecule has 0 aromatic heterocycles. The van der Waals surface area contributed by atoms with Crippen LogP contribution in [0, 0.1) is 0 Å². The Bertz CT molecular complexity index is 400. The van der Waals surface area contributed by atoms with Crippen LogP contribution < -0.4 is 0 Å². The Kier molecular flexibility index (Phi) is 9.67. The van der Waals surface area contributed by atoms with Gasteiger partial charge >= 0.3 is 0 Å². The fraction of sp³-hybridized carbons (Fsp3) is 0.667. The molecule has 0 fully saturated rings. The topological polar surface area (TPSA) is 58.9 Å². The average molecular weight is 310 g/mol. The zero-order valence-corrected chi connectivity index (χ0v) is 13.9. The Hall–Kier alpha value is -1.26. The molecule has 0 aliphatic carbocycles. The zero-order chi connectivity index (χ0) is 16.2. The third-order valence-electron chi connectivity index (χ3n) is 3.69. The van der Waals surface area contributed by atoms with Crippen LogP contribution in [0.15, 0.2) is 18.2 Å². The molecule has 1 aromatic carbocycles. The number of phenols is 2. The fourth-order valence-electron chi connectivity index (χ4n) is 2.52. The smallest absolute Gasteiger partial charge is 0.160 e. The maximum absolute atomic E-state index is 9.72. The third kappa shape index (κ3) is 7.14. The van der Waals surface area contributed by atoms with Crippen LogP contribution in [0.5, 0.6) is 11.5 Å². The molecule has 0 aliphatic rings. The average Bonchev–Trinajstić information content (AvgIpc) is 2.50. The Morgan fingerprint density at radius 1 is 0.909 bits per heavy atom. The minimum atomic E-state index is -0.0563. The van der Waals surface area contributed by atoms with Gasteiger partial charge in [-0.1, -0.05) is 31.4 Å². The summed E-state index contributed by atoms with van der Waals surface area (Å²) in [5, 5.41) is 19.2. The number of para-hydroxylation sites is 1. The first kappa shape index (κ1) is 18.8. The van der Waals surface area contributed by atoms with Crippen molar-refractivity contribution in [3.05, 3.63) is 23.8 Å². The lowest BCUT2D eigenvalue weighted by molar-refractivity contribution is -0.140. The van der Waals surface area contributed by atoms with Crippen molar-refractivity contribution in [2.45, 2.75) is 65.1 Å². The predicted molar refractivity (Wildman–Crippen MR) is 88.2 cm³/mol. The molecule has 4 heteroatoms. The summed E-state index contributed by atoms with van der Waals surface area (Å²) in [5.74, 6) is -0.00541. The van der Waals surface area contributed by atoms with Gasteiger partial charge in [0.05, 0.1) is 0 Å². The lowest BCUT2D eigenvalue weighted by Gasteiger charge is -2.16. The predicted octanol–water partition coefficient (Wildman–Crippen LogP) is 4.38. The van der Waals surface area contributed by atoms with E-state index < -0.39 is 0 Å². The van der Waals surface area contributed by atoms with Crippen LogP contribution in [0.4, 0.5) is 0 Å². The maximum atomic E-state index is 9.72. The second kappa shape index (κ2) is 11.3. The summed E-state index contributed by atoms with van der Waals surface area (Å²) in [7, 11) is 0. The molecule has 1 aromatic rings. The molecule has 22 heavy (non-hydrogen) atoms. The highest BCUT2D eigenvalue weighted by Crippen LogP contribution is 2.29. The summed E-state index contributed by atoms with van der Waals surface area (Å²) in [6, 6.07) is 5.14. The van der Waals surface area contributed by atoms with E-state index in [9.17, 15) is 10.2 Å². The van der Waals surface area contributed by atoms with E-state index >= 15 is 0 Å². The summed E-state index contributed by atoms with van der Waals surface area (Å²) in [6.07, 6.45) is 7.31. The Balaban J connectivity index is 2.09. The molecule has 0 aliphatic heterocycles. The van der Waals surface area contributed by atoms with Gasteiger partial charge in [-0.25, -0.2) is 0 Å². The highest BCUT2D eigenvalue weighted by Gasteiger charge is 2.07. The van der Waals surface area contributed by atoms with Gasteiger partial charge in [-0.05, 0) is 51.2 Å². The van der Waals surface area contributed by atoms with Crippen LogP contribution in [-0.4, -0.2) is 29.7 Å². The molecule has 0 saturated heterocycles. The molecular formula is C18H30O4. The second-order valence-corrected chi connectivity index (χ2v) is 5.43. The van der Waals surface area contributed by atoms with Crippen molar-refractivity contribution in [1.29, 1.82) is 0 Å². The van der Waals surface area contributed by atoms with E-state index in [1.54, 1.807) is 6.07 Å². The second-order valence-electron chi connectivity index (χ2n) is 5.43. The van der Waals surface area contributed by atoms with Crippen molar-refractivity contribution in [1.82, 2.24) is 0 Å². The number of aromatic hydroxyl groups is 2. The van der Waals surface area contributed by atoms with E-state index in [1.807, 2.05) is 19.9 Å². The minimum absolute atomic E-state index is 0.0266. The number of benzene rings is 1. The maximum Gasteiger partial charge on any atom is 0.160 e. The first-order valence-corrected chi connectivity index (χ1v) is 8.42. The van der Waals surface area contributed by atoms with Gasteiger partial charge in [0.15, 0.2) is 17.8 Å². The Labute approximate surface area is 134 Å². The van der Waals surface area contributed by atoms with E-state index in [1.165, 1.54) is 18.9 Å². The van der Waals surface area contributed by atoms with Gasteiger partial charge in [-0.3, -0.25) is 0 Å². The van der Waals surface area contributed by atoms with Crippen molar-refractivity contribution in [3.8, 4) is 11.5 Å². The van der Waals surface area contributed by atoms with Gasteiger partial charge in [0.25, 0.3) is 0 Å². The van der Waals surface area contributed by atoms with Crippen LogP contribution in [0.25, 0.3) is 0 Å². The normalized spacial score (nSPS) is 11.2. The zero-order valence-electron chi connectivity index (χ0n) is 13.9. The fourth-order valence-corrected chi connectivity index (χ4v) is 2.52. The number of hydrogen-bond acceptors (Lipinski definition) is 4. The molecule has 1 rings (SSSR count). The van der Waals surface area contributed by atoms with Gasteiger partial charge < -0.3 is 19.7 Å². The van der Waals surface area contributed by atoms with Crippen LogP contribution in [0.1, 0.15) is 57.9 Å². The summed E-state index contributed by atoms with van der Waals surface area (Å²) in [5.41, 5.74) is 0.827. The Morgan fingerprint density at radius 3 is 2.23 bits per heavy atom. The molecule has 0 saturated carbocycles. The SMILES string of the molecule is CCOC(CCCCCCCc1cccc(O)c1O)OCC. The first-order chi connectivity index (χ1) is 10.7. The molecule has 0 amide bonds. The van der Waals surface area contributed by atoms with Crippen LogP contribution >= 0.6 is 0 Å². The van der Waals surface area contributed by atoms with Gasteiger partial charge in [0, 0.05) is 13.2 Å². The minimum Gasteiger partial charge on any atom is -0.504 e. The van der Waals surface area contributed by atoms with Crippen LogP contribution in [0.3, 0.4) is 0 Å². The third-order valence-corrected chi connectivity index (χ3v) is 3.69. The van der Waals surface area contributed by atoms with Crippen molar-refractivity contribution in [2.24, 2.45) is 0 Å². The monoisotopic (exact) mass is 310 g/mol. The number of hydrogen-bond donors (Lipinski definition) is 2. The summed E-state index contributed by atoms with van der Waals surface area (Å²) in [6.45, 7) is 5.36. The number of ether oxygens (including phenoxy) is 2. The Morgan fingerprint density at radius 2 is 1.55 bits per heavy atom. The molecule has 2 N–H and O–H groups in total. The summed E-state index contributed by atoms with van der Waals surface area (Å²) in [4.78, 5) is 0. The molecular weight excluding hydrogens is 280 g/mol. The van der Waals surface area contributed by atoms with Gasteiger partial charge in [-0.15, -0.1) is 0 Å². The van der Waals surface area contributed by atoms with Gasteiger partial charge in [0.2, 0.25) is 0 Å². The highest BCUT2D eigenvalue weighted by atomic mass is 16.7. The van der Waals surface area contributed by atoms with E-state index in [2.05, 4.69) is 0 Å². The van der Waals surface area contributed by atoms with Crippen molar-refractivity contribution in [2.75, 3.05) is 13.2 Å². The molecule has 4 nitrogen and oxygen atoms in total. The number of unbranched alkanes of at least 4 members (excludes halogenated alkanes) is 4. The summed E-state index contributed by atoms with van der Waals surface area (Å²) >= 11 is 0. The summed E-state index contributed by atoms with van der Waals surface area (Å²) < 4.78 is 11.0. The number of rotatable bonds is 12. The lowest BCUT2D eigenvalue weighted by atomic mass is 10.0. The molecule has 0 atom stereocenters. The molecule has 0 radical (unpaired) electrons. The van der Waals surface area contributed by atoms with E-state index in [-0.39, 0.29) is 17.8 Å². The molecule has 0 bridgehead atoms. The molecule has 0 spiro atoms. The van der Waals surface area contributed by atoms with Crippen LogP contribution in [0.2, 0.25) is 0 Å². The van der Waals surface area contributed by atoms with E-state index in [0.29, 0.717) is 13.2 Å². The highest BCUT2D eigenvalue weighted by molar-refractivity contribution is 5.44. The standard InChI is InChI=1S/C18H30O4/c1-3-21-17(22-4-2)14-9-7-5-6-8-11-15-12-10-13-16(19)18(15)20/h10,12-13,17,19-20H,3-9,11,14H2,1-2H3. The van der Waals surface area contributed by atoms with E-state index in [0.717, 1.165) is 37.7 Å². The number of aryl methyl sites for hydroxylation is 1. The lowest BCUT2D eigenvalue weighted by Crippen LogP contribution is -2.17. The van der Waals surface area contributed by atoms with Gasteiger partial charge in [0.1, 0.15) is 0 Å². The first-order valence-electron chi connectivity index (χ1n) is 8.42.